The number of benzene rings is 2. The third kappa shape index (κ3) is 5.21. The molecule has 0 heterocycles. The molecule has 0 radical (unpaired) electrons. The topological polar surface area (TPSA) is 36.3 Å². The van der Waals surface area contributed by atoms with Crippen molar-refractivity contribution in [3.8, 4) is 6.07 Å². The zero-order valence-corrected chi connectivity index (χ0v) is 14.2. The number of ether oxygens (including phenoxy) is 1. The standard InChI is InChI=1S/C20H24N2O/c1-16-4-5-20(12-17(16)2)15-22(10-11-23-3)14-19-8-6-18(13-21)7-9-19/h4-9,12H,10-11,14-15H2,1-3H3. The van der Waals surface area contributed by atoms with Crippen molar-refractivity contribution in [1.29, 1.82) is 5.26 Å². The van der Waals surface area contributed by atoms with Crippen LogP contribution in [0.2, 0.25) is 0 Å². The van der Waals surface area contributed by atoms with Crippen LogP contribution in [-0.2, 0) is 17.8 Å². The minimum absolute atomic E-state index is 0.700. The fourth-order valence-electron chi connectivity index (χ4n) is 2.54. The van der Waals surface area contributed by atoms with E-state index >= 15 is 0 Å². The van der Waals surface area contributed by atoms with E-state index in [1.807, 2.05) is 24.3 Å². The largest absolute Gasteiger partial charge is 0.383 e. The van der Waals surface area contributed by atoms with Gasteiger partial charge in [-0.05, 0) is 48.2 Å². The van der Waals surface area contributed by atoms with Gasteiger partial charge in [0.25, 0.3) is 0 Å². The van der Waals surface area contributed by atoms with Gasteiger partial charge in [-0.25, -0.2) is 0 Å². The fourth-order valence-corrected chi connectivity index (χ4v) is 2.54. The van der Waals surface area contributed by atoms with Gasteiger partial charge >= 0.3 is 0 Å². The van der Waals surface area contributed by atoms with Crippen molar-refractivity contribution in [2.75, 3.05) is 20.3 Å². The highest BCUT2D eigenvalue weighted by atomic mass is 16.5. The molecule has 0 aromatic heterocycles. The third-order valence-electron chi connectivity index (χ3n) is 4.08. The Morgan fingerprint density at radius 1 is 0.957 bits per heavy atom. The molecule has 0 bridgehead atoms. The molecule has 0 fully saturated rings. The lowest BCUT2D eigenvalue weighted by atomic mass is 10.1. The van der Waals surface area contributed by atoms with Crippen LogP contribution in [-0.4, -0.2) is 25.2 Å². The van der Waals surface area contributed by atoms with Gasteiger partial charge in [-0.1, -0.05) is 30.3 Å². The number of methoxy groups -OCH3 is 1. The van der Waals surface area contributed by atoms with Crippen LogP contribution in [0.1, 0.15) is 27.8 Å². The average molecular weight is 308 g/mol. The molecule has 0 spiro atoms. The van der Waals surface area contributed by atoms with Crippen LogP contribution in [0.4, 0.5) is 0 Å². The van der Waals surface area contributed by atoms with Gasteiger partial charge in [0.15, 0.2) is 0 Å². The molecule has 0 N–H and O–H groups in total. The lowest BCUT2D eigenvalue weighted by molar-refractivity contribution is 0.140. The van der Waals surface area contributed by atoms with E-state index in [9.17, 15) is 0 Å². The number of aryl methyl sites for hydroxylation is 2. The maximum Gasteiger partial charge on any atom is 0.0991 e. The van der Waals surface area contributed by atoms with Crippen molar-refractivity contribution in [2.24, 2.45) is 0 Å². The quantitative estimate of drug-likeness (QED) is 0.780. The van der Waals surface area contributed by atoms with Gasteiger partial charge in [0.05, 0.1) is 18.2 Å². The zero-order chi connectivity index (χ0) is 16.7. The van der Waals surface area contributed by atoms with Gasteiger partial charge in [0, 0.05) is 26.7 Å². The molecule has 2 aromatic rings. The van der Waals surface area contributed by atoms with E-state index in [0.29, 0.717) is 12.2 Å². The molecule has 2 rings (SSSR count). The molecule has 120 valence electrons. The molecule has 0 aliphatic rings. The Morgan fingerprint density at radius 3 is 2.22 bits per heavy atom. The van der Waals surface area contributed by atoms with Crippen LogP contribution in [0.25, 0.3) is 0 Å². The molecule has 3 nitrogen and oxygen atoms in total. The van der Waals surface area contributed by atoms with Crippen molar-refractivity contribution in [3.63, 3.8) is 0 Å². The summed E-state index contributed by atoms with van der Waals surface area (Å²) in [6.07, 6.45) is 0. The van der Waals surface area contributed by atoms with E-state index < -0.39 is 0 Å². The smallest absolute Gasteiger partial charge is 0.0991 e. The summed E-state index contributed by atoms with van der Waals surface area (Å²) in [6.45, 7) is 7.62. The van der Waals surface area contributed by atoms with Crippen LogP contribution in [0.3, 0.4) is 0 Å². The second-order valence-corrected chi connectivity index (χ2v) is 5.93. The predicted molar refractivity (Wildman–Crippen MR) is 93.1 cm³/mol. The van der Waals surface area contributed by atoms with Crippen LogP contribution in [0.15, 0.2) is 42.5 Å². The van der Waals surface area contributed by atoms with Gasteiger partial charge in [-0.3, -0.25) is 4.90 Å². The molecule has 0 aliphatic heterocycles. The van der Waals surface area contributed by atoms with Crippen LogP contribution < -0.4 is 0 Å². The van der Waals surface area contributed by atoms with Crippen molar-refractivity contribution in [1.82, 2.24) is 4.90 Å². The van der Waals surface area contributed by atoms with Crippen molar-refractivity contribution >= 4 is 0 Å². The Hall–Kier alpha value is -2.15. The van der Waals surface area contributed by atoms with Crippen LogP contribution in [0, 0.1) is 25.2 Å². The average Bonchev–Trinajstić information content (AvgIpc) is 2.56. The monoisotopic (exact) mass is 308 g/mol. The number of hydrogen-bond donors (Lipinski definition) is 0. The molecule has 3 heteroatoms. The van der Waals surface area contributed by atoms with Gasteiger partial charge < -0.3 is 4.74 Å². The van der Waals surface area contributed by atoms with Crippen molar-refractivity contribution in [3.05, 3.63) is 70.3 Å². The minimum atomic E-state index is 0.700. The summed E-state index contributed by atoms with van der Waals surface area (Å²) in [5.74, 6) is 0. The summed E-state index contributed by atoms with van der Waals surface area (Å²) < 4.78 is 5.24. The van der Waals surface area contributed by atoms with E-state index in [-0.39, 0.29) is 0 Å². The van der Waals surface area contributed by atoms with E-state index in [0.717, 1.165) is 19.6 Å². The minimum Gasteiger partial charge on any atom is -0.383 e. The molecule has 0 saturated carbocycles. The Kier molecular flexibility index (Phi) is 6.34. The number of rotatable bonds is 7. The number of nitriles is 1. The van der Waals surface area contributed by atoms with E-state index in [4.69, 9.17) is 10.00 Å². The molecule has 2 aromatic carbocycles. The molecular formula is C20H24N2O. The second-order valence-electron chi connectivity index (χ2n) is 5.93. The molecule has 23 heavy (non-hydrogen) atoms. The van der Waals surface area contributed by atoms with E-state index in [1.165, 1.54) is 22.3 Å². The summed E-state index contributed by atoms with van der Waals surface area (Å²) in [6, 6.07) is 16.6. The molecular weight excluding hydrogens is 284 g/mol. The summed E-state index contributed by atoms with van der Waals surface area (Å²) in [5.41, 5.74) is 5.88. The van der Waals surface area contributed by atoms with Crippen LogP contribution >= 0.6 is 0 Å². The predicted octanol–water partition coefficient (Wildman–Crippen LogP) is 3.82. The van der Waals surface area contributed by atoms with Crippen LogP contribution in [0.5, 0.6) is 0 Å². The highest BCUT2D eigenvalue weighted by molar-refractivity contribution is 5.32. The van der Waals surface area contributed by atoms with Gasteiger partial charge in [0.1, 0.15) is 0 Å². The summed E-state index contributed by atoms with van der Waals surface area (Å²) >= 11 is 0. The normalized spacial score (nSPS) is 10.7. The van der Waals surface area contributed by atoms with E-state index in [1.54, 1.807) is 7.11 Å². The molecule has 0 aliphatic carbocycles. The Labute approximate surface area is 139 Å². The molecule has 0 saturated heterocycles. The first-order chi connectivity index (χ1) is 11.1. The lowest BCUT2D eigenvalue weighted by Crippen LogP contribution is -2.26. The number of hydrogen-bond acceptors (Lipinski definition) is 3. The zero-order valence-electron chi connectivity index (χ0n) is 14.2. The third-order valence-corrected chi connectivity index (χ3v) is 4.08. The van der Waals surface area contributed by atoms with Gasteiger partial charge in [-0.2, -0.15) is 5.26 Å². The Balaban J connectivity index is 2.08. The SMILES string of the molecule is COCCN(Cc1ccc(C#N)cc1)Cc1ccc(C)c(C)c1. The molecule has 0 amide bonds. The second kappa shape index (κ2) is 8.47. The lowest BCUT2D eigenvalue weighted by Gasteiger charge is -2.22. The fraction of sp³-hybridized carbons (Fsp3) is 0.350. The maximum atomic E-state index is 8.89. The highest BCUT2D eigenvalue weighted by Crippen LogP contribution is 2.14. The molecule has 0 atom stereocenters. The first kappa shape index (κ1) is 17.2. The first-order valence-corrected chi connectivity index (χ1v) is 7.89. The summed E-state index contributed by atoms with van der Waals surface area (Å²) in [5, 5.41) is 8.89. The van der Waals surface area contributed by atoms with Gasteiger partial charge in [-0.15, -0.1) is 0 Å². The number of nitrogens with zero attached hydrogens (tertiary/aromatic N) is 2. The van der Waals surface area contributed by atoms with Crippen molar-refractivity contribution < 1.29 is 4.74 Å². The van der Waals surface area contributed by atoms with E-state index in [2.05, 4.69) is 43.0 Å². The van der Waals surface area contributed by atoms with Crippen molar-refractivity contribution in [2.45, 2.75) is 26.9 Å². The highest BCUT2D eigenvalue weighted by Gasteiger charge is 2.08. The van der Waals surface area contributed by atoms with Gasteiger partial charge in [0.2, 0.25) is 0 Å². The Bertz CT molecular complexity index is 671. The maximum absolute atomic E-state index is 8.89. The Morgan fingerprint density at radius 2 is 1.61 bits per heavy atom. The molecule has 0 unspecified atom stereocenters. The first-order valence-electron chi connectivity index (χ1n) is 7.89. The summed E-state index contributed by atoms with van der Waals surface area (Å²) in [4.78, 5) is 2.37. The summed E-state index contributed by atoms with van der Waals surface area (Å²) in [7, 11) is 1.73.